The van der Waals surface area contributed by atoms with Gasteiger partial charge < -0.3 is 14.6 Å². The summed E-state index contributed by atoms with van der Waals surface area (Å²) in [5, 5.41) is 9.88. The Morgan fingerprint density at radius 1 is 1.42 bits per heavy atom. The summed E-state index contributed by atoms with van der Waals surface area (Å²) in [4.78, 5) is 12.6. The molecule has 19 heavy (non-hydrogen) atoms. The minimum absolute atomic E-state index is 0.0788. The lowest BCUT2D eigenvalue weighted by Gasteiger charge is -2.53. The molecule has 0 saturated carbocycles. The molecular formula is C15H22O4. The lowest BCUT2D eigenvalue weighted by atomic mass is 9.69. The number of fused-ring (bicyclic) bond motifs is 1. The van der Waals surface area contributed by atoms with Gasteiger partial charge in [0.25, 0.3) is 0 Å². The molecule has 4 nitrogen and oxygen atoms in total. The van der Waals surface area contributed by atoms with Crippen molar-refractivity contribution in [3.05, 3.63) is 23.8 Å². The molecule has 2 atom stereocenters. The van der Waals surface area contributed by atoms with Crippen molar-refractivity contribution in [2.45, 2.75) is 45.5 Å². The van der Waals surface area contributed by atoms with Crippen molar-refractivity contribution in [3.8, 4) is 0 Å². The monoisotopic (exact) mass is 266 g/mol. The first-order valence-corrected chi connectivity index (χ1v) is 6.55. The summed E-state index contributed by atoms with van der Waals surface area (Å²) in [6, 6.07) is 0. The number of hydrogen-bond donors (Lipinski definition) is 1. The van der Waals surface area contributed by atoms with Crippen LogP contribution in [0.2, 0.25) is 0 Å². The molecule has 1 saturated heterocycles. The lowest BCUT2D eigenvalue weighted by molar-refractivity contribution is -0.339. The molecule has 1 fully saturated rings. The Hall–Kier alpha value is -0.970. The van der Waals surface area contributed by atoms with Gasteiger partial charge in [0.05, 0.1) is 13.2 Å². The SMILES string of the molecule is C=CC[C@@]12OC(C)(C)OC[C@]1(CO)C(=O)C(C)=C2C. The molecule has 1 aliphatic carbocycles. The van der Waals surface area contributed by atoms with E-state index in [1.54, 1.807) is 13.0 Å². The smallest absolute Gasteiger partial charge is 0.172 e. The van der Waals surface area contributed by atoms with E-state index < -0.39 is 16.8 Å². The molecule has 106 valence electrons. The molecule has 0 aromatic rings. The summed E-state index contributed by atoms with van der Waals surface area (Å²) in [6.07, 6.45) is 2.22. The fourth-order valence-electron chi connectivity index (χ4n) is 3.32. The quantitative estimate of drug-likeness (QED) is 0.794. The highest BCUT2D eigenvalue weighted by molar-refractivity contribution is 6.05. The second-order valence-electron chi connectivity index (χ2n) is 5.93. The fourth-order valence-corrected chi connectivity index (χ4v) is 3.32. The average Bonchev–Trinajstić information content (AvgIpc) is 2.50. The van der Waals surface area contributed by atoms with Crippen LogP contribution >= 0.6 is 0 Å². The number of aliphatic hydroxyl groups excluding tert-OH is 1. The van der Waals surface area contributed by atoms with E-state index in [1.807, 2.05) is 20.8 Å². The Balaban J connectivity index is 2.64. The van der Waals surface area contributed by atoms with Gasteiger partial charge in [0.1, 0.15) is 11.0 Å². The van der Waals surface area contributed by atoms with Crippen LogP contribution in [-0.2, 0) is 14.3 Å². The van der Waals surface area contributed by atoms with Crippen LogP contribution < -0.4 is 0 Å². The van der Waals surface area contributed by atoms with Crippen molar-refractivity contribution in [2.75, 3.05) is 13.2 Å². The number of carbonyl (C=O) groups is 1. The predicted octanol–water partition coefficient (Wildman–Crippen LogP) is 1.98. The molecule has 0 radical (unpaired) electrons. The Morgan fingerprint density at radius 2 is 2.05 bits per heavy atom. The Morgan fingerprint density at radius 3 is 2.58 bits per heavy atom. The maximum absolute atomic E-state index is 12.6. The standard InChI is InChI=1S/C15H22O4/c1-6-7-15-11(3)10(2)12(17)14(15,8-16)9-18-13(4,5)19-15/h6,16H,1,7-9H2,2-5H3/t14-,15+/m1/s1. The molecule has 0 unspecified atom stereocenters. The number of ether oxygens (including phenoxy) is 2. The zero-order valence-electron chi connectivity index (χ0n) is 12.1. The normalized spacial score (nSPS) is 37.4. The van der Waals surface area contributed by atoms with E-state index in [0.717, 1.165) is 5.57 Å². The zero-order chi connectivity index (χ0) is 14.5. The van der Waals surface area contributed by atoms with Gasteiger partial charge in [0.2, 0.25) is 0 Å². The topological polar surface area (TPSA) is 55.8 Å². The second kappa shape index (κ2) is 4.27. The molecule has 0 bridgehead atoms. The predicted molar refractivity (Wildman–Crippen MR) is 71.6 cm³/mol. The third-order valence-corrected chi connectivity index (χ3v) is 4.50. The Labute approximate surface area is 114 Å². The van der Waals surface area contributed by atoms with E-state index in [2.05, 4.69) is 6.58 Å². The van der Waals surface area contributed by atoms with Crippen molar-refractivity contribution in [1.82, 2.24) is 0 Å². The number of carbonyl (C=O) groups excluding carboxylic acids is 1. The van der Waals surface area contributed by atoms with Crippen LogP contribution in [0.5, 0.6) is 0 Å². The summed E-state index contributed by atoms with van der Waals surface area (Å²) < 4.78 is 11.8. The summed E-state index contributed by atoms with van der Waals surface area (Å²) in [6.45, 7) is 11.0. The molecule has 1 aliphatic heterocycles. The molecule has 0 amide bonds. The third kappa shape index (κ3) is 1.67. The summed E-state index contributed by atoms with van der Waals surface area (Å²) in [5.74, 6) is -0.863. The molecule has 0 aromatic heterocycles. The molecule has 0 spiro atoms. The van der Waals surface area contributed by atoms with Crippen LogP contribution in [-0.4, -0.2) is 35.5 Å². The maximum atomic E-state index is 12.6. The number of aliphatic hydroxyl groups is 1. The largest absolute Gasteiger partial charge is 0.395 e. The van der Waals surface area contributed by atoms with Gasteiger partial charge in [-0.3, -0.25) is 4.79 Å². The van der Waals surface area contributed by atoms with Crippen LogP contribution in [0, 0.1) is 5.41 Å². The first-order valence-electron chi connectivity index (χ1n) is 6.55. The molecule has 1 heterocycles. The van der Waals surface area contributed by atoms with Crippen LogP contribution in [0.15, 0.2) is 23.8 Å². The van der Waals surface area contributed by atoms with E-state index in [0.29, 0.717) is 12.0 Å². The van der Waals surface area contributed by atoms with E-state index in [4.69, 9.17) is 9.47 Å². The Kier molecular flexibility index (Phi) is 3.24. The molecular weight excluding hydrogens is 244 g/mol. The number of ketones is 1. The maximum Gasteiger partial charge on any atom is 0.172 e. The summed E-state index contributed by atoms with van der Waals surface area (Å²) in [7, 11) is 0. The minimum atomic E-state index is -1.04. The summed E-state index contributed by atoms with van der Waals surface area (Å²) >= 11 is 0. The van der Waals surface area contributed by atoms with Gasteiger partial charge in [-0.25, -0.2) is 0 Å². The second-order valence-corrected chi connectivity index (χ2v) is 5.93. The van der Waals surface area contributed by atoms with Crippen LogP contribution in [0.4, 0.5) is 0 Å². The Bertz CT molecular complexity index is 463. The minimum Gasteiger partial charge on any atom is -0.395 e. The van der Waals surface area contributed by atoms with Crippen molar-refractivity contribution < 1.29 is 19.4 Å². The van der Waals surface area contributed by atoms with E-state index in [9.17, 15) is 9.90 Å². The molecule has 2 aliphatic rings. The molecule has 1 N–H and O–H groups in total. The van der Waals surface area contributed by atoms with Gasteiger partial charge in [-0.1, -0.05) is 6.08 Å². The van der Waals surface area contributed by atoms with Gasteiger partial charge in [0, 0.05) is 0 Å². The van der Waals surface area contributed by atoms with Gasteiger partial charge in [0.15, 0.2) is 11.6 Å². The van der Waals surface area contributed by atoms with E-state index in [1.165, 1.54) is 0 Å². The molecule has 4 heteroatoms. The molecule has 2 rings (SSSR count). The highest BCUT2D eigenvalue weighted by atomic mass is 16.7. The van der Waals surface area contributed by atoms with E-state index in [-0.39, 0.29) is 19.0 Å². The highest BCUT2D eigenvalue weighted by Gasteiger charge is 2.66. The van der Waals surface area contributed by atoms with Crippen LogP contribution in [0.25, 0.3) is 0 Å². The van der Waals surface area contributed by atoms with Gasteiger partial charge in [-0.05, 0) is 45.3 Å². The van der Waals surface area contributed by atoms with Gasteiger partial charge in [-0.2, -0.15) is 0 Å². The highest BCUT2D eigenvalue weighted by Crippen LogP contribution is 2.56. The fraction of sp³-hybridized carbons (Fsp3) is 0.667. The average molecular weight is 266 g/mol. The first kappa shape index (κ1) is 14.4. The van der Waals surface area contributed by atoms with E-state index >= 15 is 0 Å². The van der Waals surface area contributed by atoms with Crippen molar-refractivity contribution in [1.29, 1.82) is 0 Å². The van der Waals surface area contributed by atoms with Crippen LogP contribution in [0.3, 0.4) is 0 Å². The van der Waals surface area contributed by atoms with Gasteiger partial charge >= 0.3 is 0 Å². The lowest BCUT2D eigenvalue weighted by Crippen LogP contribution is -2.64. The number of allylic oxidation sites excluding steroid dienone is 1. The van der Waals surface area contributed by atoms with Gasteiger partial charge in [-0.15, -0.1) is 6.58 Å². The number of rotatable bonds is 3. The molecule has 0 aromatic carbocycles. The zero-order valence-corrected chi connectivity index (χ0v) is 12.1. The van der Waals surface area contributed by atoms with Crippen molar-refractivity contribution in [3.63, 3.8) is 0 Å². The van der Waals surface area contributed by atoms with Crippen molar-refractivity contribution >= 4 is 5.78 Å². The van der Waals surface area contributed by atoms with Crippen LogP contribution in [0.1, 0.15) is 34.1 Å². The summed E-state index contributed by atoms with van der Waals surface area (Å²) in [5.41, 5.74) is -0.336. The first-order chi connectivity index (χ1) is 8.76. The number of hydrogen-bond acceptors (Lipinski definition) is 4. The number of Topliss-reactive ketones (excluding diaryl/α,β-unsaturated/α-hetero) is 1. The third-order valence-electron chi connectivity index (χ3n) is 4.50. The van der Waals surface area contributed by atoms with Crippen molar-refractivity contribution in [2.24, 2.45) is 5.41 Å².